The summed E-state index contributed by atoms with van der Waals surface area (Å²) in [6, 6.07) is -1.14. The second-order valence-electron chi connectivity index (χ2n) is 5.90. The Morgan fingerprint density at radius 1 is 1.33 bits per heavy atom. The molecule has 0 saturated carbocycles. The molecule has 0 fully saturated rings. The van der Waals surface area contributed by atoms with Crippen molar-refractivity contribution in [3.05, 3.63) is 12.7 Å². The summed E-state index contributed by atoms with van der Waals surface area (Å²) < 4.78 is 4.98. The topological polar surface area (TPSA) is 116 Å². The Morgan fingerprint density at radius 3 is 2.33 bits per heavy atom. The number of carboxylic acid groups (broad SMARTS) is 1. The molecule has 122 valence electrons. The molecule has 1 atom stereocenters. The van der Waals surface area contributed by atoms with Gasteiger partial charge in [0.2, 0.25) is 0 Å². The van der Waals surface area contributed by atoms with E-state index in [-0.39, 0.29) is 25.7 Å². The number of aliphatic carboxylic acids is 1. The molecule has 0 aromatic rings. The van der Waals surface area contributed by atoms with Crippen molar-refractivity contribution >= 4 is 12.1 Å². The molecular formula is C14H25NO6. The molecule has 0 heterocycles. The summed E-state index contributed by atoms with van der Waals surface area (Å²) in [5.74, 6) is -3.11. The maximum Gasteiger partial charge on any atom is 0.408 e. The number of amides is 1. The van der Waals surface area contributed by atoms with Crippen LogP contribution >= 0.6 is 0 Å². The molecule has 0 bridgehead atoms. The highest BCUT2D eigenvalue weighted by molar-refractivity contribution is 5.79. The molecule has 0 aromatic heterocycles. The predicted molar refractivity (Wildman–Crippen MR) is 76.6 cm³/mol. The summed E-state index contributed by atoms with van der Waals surface area (Å²) in [6.45, 7) is 8.41. The number of nitrogens with one attached hydrogen (secondary N) is 1. The molecule has 7 nitrogen and oxygen atoms in total. The van der Waals surface area contributed by atoms with E-state index in [4.69, 9.17) is 9.84 Å². The van der Waals surface area contributed by atoms with Crippen LogP contribution in [0.4, 0.5) is 4.79 Å². The largest absolute Gasteiger partial charge is 0.480 e. The highest BCUT2D eigenvalue weighted by Crippen LogP contribution is 2.16. The average molecular weight is 303 g/mol. The van der Waals surface area contributed by atoms with Gasteiger partial charge >= 0.3 is 12.1 Å². The predicted octanol–water partition coefficient (Wildman–Crippen LogP) is 1.39. The zero-order valence-electron chi connectivity index (χ0n) is 12.8. The lowest BCUT2D eigenvalue weighted by molar-refractivity contribution is -0.163. The van der Waals surface area contributed by atoms with Gasteiger partial charge in [-0.15, -0.1) is 6.58 Å². The Morgan fingerprint density at radius 2 is 1.90 bits per heavy atom. The molecule has 0 aromatic carbocycles. The maximum absolute atomic E-state index is 11.5. The molecule has 0 rings (SSSR count). The van der Waals surface area contributed by atoms with Gasteiger partial charge < -0.3 is 25.4 Å². The molecule has 21 heavy (non-hydrogen) atoms. The second kappa shape index (κ2) is 7.99. The molecule has 0 spiro atoms. The van der Waals surface area contributed by atoms with Crippen LogP contribution in [0.3, 0.4) is 0 Å². The van der Waals surface area contributed by atoms with E-state index in [1.54, 1.807) is 20.8 Å². The Balaban J connectivity index is 4.36. The first-order chi connectivity index (χ1) is 9.47. The highest BCUT2D eigenvalue weighted by atomic mass is 16.6. The number of carbonyl (C=O) groups excluding carboxylic acids is 1. The lowest BCUT2D eigenvalue weighted by Gasteiger charge is -2.23. The number of hydrogen-bond acceptors (Lipinski definition) is 5. The number of carbonyl (C=O) groups is 2. The van der Waals surface area contributed by atoms with E-state index in [0.717, 1.165) is 0 Å². The minimum Gasteiger partial charge on any atom is -0.480 e. The lowest BCUT2D eigenvalue weighted by atomic mass is 10.0. The van der Waals surface area contributed by atoms with E-state index in [1.165, 1.54) is 6.08 Å². The van der Waals surface area contributed by atoms with Gasteiger partial charge in [0.05, 0.1) is 0 Å². The summed E-state index contributed by atoms with van der Waals surface area (Å²) >= 11 is 0. The summed E-state index contributed by atoms with van der Waals surface area (Å²) in [5.41, 5.74) is -0.720. The Labute approximate surface area is 124 Å². The van der Waals surface area contributed by atoms with Crippen LogP contribution in [-0.2, 0) is 9.53 Å². The van der Waals surface area contributed by atoms with Crippen LogP contribution in [0.25, 0.3) is 0 Å². The monoisotopic (exact) mass is 303 g/mol. The fourth-order valence-electron chi connectivity index (χ4n) is 1.63. The minimum absolute atomic E-state index is 0.00969. The number of ether oxygens (including phenoxy) is 1. The normalized spacial score (nSPS) is 13.4. The molecular weight excluding hydrogens is 278 g/mol. The van der Waals surface area contributed by atoms with Crippen LogP contribution in [0.15, 0.2) is 12.7 Å². The van der Waals surface area contributed by atoms with Gasteiger partial charge in [0.1, 0.15) is 11.6 Å². The van der Waals surface area contributed by atoms with Gasteiger partial charge in [0.25, 0.3) is 0 Å². The fourth-order valence-corrected chi connectivity index (χ4v) is 1.63. The van der Waals surface area contributed by atoms with E-state index < -0.39 is 29.5 Å². The summed E-state index contributed by atoms with van der Waals surface area (Å²) in [7, 11) is 0. The van der Waals surface area contributed by atoms with Gasteiger partial charge in [-0.3, -0.25) is 0 Å². The van der Waals surface area contributed by atoms with E-state index in [2.05, 4.69) is 11.9 Å². The first-order valence-corrected chi connectivity index (χ1v) is 6.75. The van der Waals surface area contributed by atoms with Crippen LogP contribution in [0.1, 0.15) is 46.5 Å². The Hall–Kier alpha value is -1.60. The zero-order chi connectivity index (χ0) is 16.7. The van der Waals surface area contributed by atoms with E-state index >= 15 is 0 Å². The smallest absolute Gasteiger partial charge is 0.408 e. The van der Waals surface area contributed by atoms with Crippen molar-refractivity contribution in [3.8, 4) is 0 Å². The zero-order valence-corrected chi connectivity index (χ0v) is 12.8. The SMILES string of the molecule is C=CCC(O)(O)CCCC(NC(=O)OC(C)(C)C)C(=O)O. The van der Waals surface area contributed by atoms with E-state index in [1.807, 2.05) is 0 Å². The number of rotatable bonds is 8. The standard InChI is InChI=1S/C14H25NO6/c1-5-8-14(19,20)9-6-7-10(11(16)17)15-12(18)21-13(2,3)4/h5,10,19-20H,1,6-9H2,2-4H3,(H,15,18)(H,16,17). The minimum atomic E-state index is -1.91. The Bertz CT molecular complexity index is 372. The summed E-state index contributed by atoms with van der Waals surface area (Å²) in [5, 5.41) is 30.3. The summed E-state index contributed by atoms with van der Waals surface area (Å²) in [6.07, 6.45) is 0.805. The molecule has 1 amide bonds. The molecule has 0 aliphatic rings. The molecule has 0 saturated heterocycles. The van der Waals surface area contributed by atoms with Crippen LogP contribution in [0, 0.1) is 0 Å². The van der Waals surface area contributed by atoms with Crippen LogP contribution < -0.4 is 5.32 Å². The van der Waals surface area contributed by atoms with Crippen molar-refractivity contribution in [3.63, 3.8) is 0 Å². The summed E-state index contributed by atoms with van der Waals surface area (Å²) in [4.78, 5) is 22.6. The number of aliphatic hydroxyl groups is 2. The third kappa shape index (κ3) is 9.86. The van der Waals surface area contributed by atoms with Crippen molar-refractivity contribution in [1.82, 2.24) is 5.32 Å². The van der Waals surface area contributed by atoms with Gasteiger partial charge in [-0.2, -0.15) is 0 Å². The molecule has 0 radical (unpaired) electrons. The number of carboxylic acids is 1. The molecule has 7 heteroatoms. The third-order valence-electron chi connectivity index (χ3n) is 2.53. The fraction of sp³-hybridized carbons (Fsp3) is 0.714. The van der Waals surface area contributed by atoms with Crippen molar-refractivity contribution in [2.24, 2.45) is 0 Å². The molecule has 4 N–H and O–H groups in total. The second-order valence-corrected chi connectivity index (χ2v) is 5.90. The maximum atomic E-state index is 11.5. The van der Waals surface area contributed by atoms with Crippen molar-refractivity contribution in [2.45, 2.75) is 63.9 Å². The van der Waals surface area contributed by atoms with Gasteiger partial charge in [0.15, 0.2) is 5.79 Å². The molecule has 0 aliphatic heterocycles. The average Bonchev–Trinajstić information content (AvgIpc) is 2.24. The van der Waals surface area contributed by atoms with Gasteiger partial charge in [-0.05, 0) is 33.6 Å². The first kappa shape index (κ1) is 19.4. The van der Waals surface area contributed by atoms with Gasteiger partial charge in [-0.1, -0.05) is 6.08 Å². The van der Waals surface area contributed by atoms with Crippen molar-refractivity contribution < 1.29 is 29.6 Å². The number of hydrogen-bond donors (Lipinski definition) is 4. The van der Waals surface area contributed by atoms with Crippen LogP contribution in [0.5, 0.6) is 0 Å². The van der Waals surface area contributed by atoms with Crippen molar-refractivity contribution in [2.75, 3.05) is 0 Å². The quantitative estimate of drug-likeness (QED) is 0.398. The van der Waals surface area contributed by atoms with E-state index in [9.17, 15) is 19.8 Å². The third-order valence-corrected chi connectivity index (χ3v) is 2.53. The number of alkyl carbamates (subject to hydrolysis) is 1. The first-order valence-electron chi connectivity index (χ1n) is 6.75. The van der Waals surface area contributed by atoms with Crippen molar-refractivity contribution in [1.29, 1.82) is 0 Å². The Kier molecular flexibility index (Phi) is 7.38. The van der Waals surface area contributed by atoms with Crippen LogP contribution in [0.2, 0.25) is 0 Å². The van der Waals surface area contributed by atoms with Gasteiger partial charge in [0, 0.05) is 12.8 Å². The van der Waals surface area contributed by atoms with Gasteiger partial charge in [-0.25, -0.2) is 9.59 Å². The lowest BCUT2D eigenvalue weighted by Crippen LogP contribution is -2.43. The highest BCUT2D eigenvalue weighted by Gasteiger charge is 2.26. The van der Waals surface area contributed by atoms with E-state index in [0.29, 0.717) is 0 Å². The molecule has 0 aliphatic carbocycles. The molecule has 1 unspecified atom stereocenters. The van der Waals surface area contributed by atoms with Crippen LogP contribution in [-0.4, -0.2) is 44.8 Å².